The third kappa shape index (κ3) is 2.94. The molecule has 7 heteroatoms. The number of hydrogen-bond acceptors (Lipinski definition) is 5. The van der Waals surface area contributed by atoms with Gasteiger partial charge in [0.1, 0.15) is 6.54 Å². The van der Waals surface area contributed by atoms with E-state index >= 15 is 0 Å². The van der Waals surface area contributed by atoms with E-state index in [9.17, 15) is 9.59 Å². The molecule has 0 atom stereocenters. The Kier molecular flexibility index (Phi) is 3.86. The van der Waals surface area contributed by atoms with Gasteiger partial charge in [-0.15, -0.1) is 0 Å². The summed E-state index contributed by atoms with van der Waals surface area (Å²) in [5.41, 5.74) is 7.07. The number of nitrogens with one attached hydrogen (secondary N) is 1. The number of hydrogen-bond donors (Lipinski definition) is 2. The summed E-state index contributed by atoms with van der Waals surface area (Å²) in [5, 5.41) is 2.63. The van der Waals surface area contributed by atoms with Crippen LogP contribution in [0.1, 0.15) is 0 Å². The van der Waals surface area contributed by atoms with E-state index in [1.807, 2.05) is 0 Å². The van der Waals surface area contributed by atoms with Crippen molar-refractivity contribution in [1.29, 1.82) is 0 Å². The Labute approximate surface area is 108 Å². The fourth-order valence-electron chi connectivity index (χ4n) is 1.72. The quantitative estimate of drug-likeness (QED) is 0.582. The van der Waals surface area contributed by atoms with Crippen molar-refractivity contribution in [2.24, 2.45) is 0 Å². The standard InChI is InChI=1S/C12H15N3O4/c1-18-5-4-14-11(16)7-15-9-6-8(13)2-3-10(9)19-12(15)17/h2-3,6H,4-5,7,13H2,1H3,(H,14,16). The number of nitrogen functional groups attached to an aromatic ring is 1. The number of aromatic nitrogens is 1. The number of nitrogens with two attached hydrogens (primary N) is 1. The van der Waals surface area contributed by atoms with Crippen molar-refractivity contribution < 1.29 is 13.9 Å². The maximum absolute atomic E-state index is 11.7. The zero-order chi connectivity index (χ0) is 13.8. The summed E-state index contributed by atoms with van der Waals surface area (Å²) in [4.78, 5) is 23.3. The van der Waals surface area contributed by atoms with Crippen molar-refractivity contribution in [3.63, 3.8) is 0 Å². The van der Waals surface area contributed by atoms with Crippen LogP contribution in [-0.2, 0) is 16.1 Å². The molecule has 2 aromatic rings. The van der Waals surface area contributed by atoms with E-state index in [-0.39, 0.29) is 12.5 Å². The summed E-state index contributed by atoms with van der Waals surface area (Å²) in [7, 11) is 1.54. The Morgan fingerprint density at radius 2 is 2.32 bits per heavy atom. The lowest BCUT2D eigenvalue weighted by Crippen LogP contribution is -2.32. The van der Waals surface area contributed by atoms with Crippen LogP contribution in [0.3, 0.4) is 0 Å². The van der Waals surface area contributed by atoms with Crippen LogP contribution in [0.25, 0.3) is 11.1 Å². The fraction of sp³-hybridized carbons (Fsp3) is 0.333. The number of carbonyl (C=O) groups excluding carboxylic acids is 1. The van der Waals surface area contributed by atoms with Gasteiger partial charge >= 0.3 is 5.76 Å². The van der Waals surface area contributed by atoms with Crippen LogP contribution < -0.4 is 16.8 Å². The lowest BCUT2D eigenvalue weighted by molar-refractivity contribution is -0.121. The number of amides is 1. The molecular formula is C12H15N3O4. The Morgan fingerprint density at radius 3 is 3.05 bits per heavy atom. The Balaban J connectivity index is 2.20. The maximum Gasteiger partial charge on any atom is 0.420 e. The Morgan fingerprint density at radius 1 is 1.53 bits per heavy atom. The van der Waals surface area contributed by atoms with Crippen LogP contribution in [0.5, 0.6) is 0 Å². The lowest BCUT2D eigenvalue weighted by atomic mass is 10.3. The van der Waals surface area contributed by atoms with Gasteiger partial charge in [0.05, 0.1) is 12.1 Å². The SMILES string of the molecule is COCCNC(=O)Cn1c(=O)oc2ccc(N)cc21. The first-order chi connectivity index (χ1) is 9.11. The van der Waals surface area contributed by atoms with E-state index in [0.29, 0.717) is 29.9 Å². The highest BCUT2D eigenvalue weighted by Gasteiger charge is 2.12. The minimum absolute atomic E-state index is 0.112. The number of nitrogens with zero attached hydrogens (tertiary/aromatic N) is 1. The van der Waals surface area contributed by atoms with Gasteiger partial charge in [0.2, 0.25) is 5.91 Å². The van der Waals surface area contributed by atoms with Crippen LogP contribution >= 0.6 is 0 Å². The van der Waals surface area contributed by atoms with Gasteiger partial charge in [-0.1, -0.05) is 0 Å². The van der Waals surface area contributed by atoms with Crippen LogP contribution in [0.4, 0.5) is 5.69 Å². The normalized spacial score (nSPS) is 10.8. The summed E-state index contributed by atoms with van der Waals surface area (Å²) < 4.78 is 11.1. The largest absolute Gasteiger partial charge is 0.420 e. The van der Waals surface area contributed by atoms with Crippen molar-refractivity contribution in [2.45, 2.75) is 6.54 Å². The first kappa shape index (κ1) is 13.2. The predicted octanol–water partition coefficient (Wildman–Crippen LogP) is -0.0607. The molecule has 19 heavy (non-hydrogen) atoms. The highest BCUT2D eigenvalue weighted by molar-refractivity contribution is 5.81. The van der Waals surface area contributed by atoms with Crippen LogP contribution in [0, 0.1) is 0 Å². The summed E-state index contributed by atoms with van der Waals surface area (Å²) in [6.07, 6.45) is 0. The molecule has 1 aromatic heterocycles. The van der Waals surface area contributed by atoms with Gasteiger partial charge in [-0.3, -0.25) is 9.36 Å². The van der Waals surface area contributed by atoms with E-state index in [4.69, 9.17) is 14.9 Å². The van der Waals surface area contributed by atoms with Gasteiger partial charge in [0.25, 0.3) is 0 Å². The molecule has 0 saturated carbocycles. The fourth-order valence-corrected chi connectivity index (χ4v) is 1.72. The van der Waals surface area contributed by atoms with Crippen molar-refractivity contribution in [3.8, 4) is 0 Å². The van der Waals surface area contributed by atoms with E-state index in [1.54, 1.807) is 25.3 Å². The molecular weight excluding hydrogens is 250 g/mol. The predicted molar refractivity (Wildman–Crippen MR) is 69.8 cm³/mol. The molecule has 0 spiro atoms. The molecule has 7 nitrogen and oxygen atoms in total. The molecule has 2 rings (SSSR count). The van der Waals surface area contributed by atoms with Gasteiger partial charge in [0.15, 0.2) is 5.58 Å². The Bertz CT molecular complexity index is 644. The van der Waals surface area contributed by atoms with Crippen molar-refractivity contribution in [2.75, 3.05) is 26.0 Å². The number of fused-ring (bicyclic) bond motifs is 1. The first-order valence-electron chi connectivity index (χ1n) is 5.76. The first-order valence-corrected chi connectivity index (χ1v) is 5.76. The maximum atomic E-state index is 11.7. The molecule has 1 amide bonds. The molecule has 1 aromatic carbocycles. The van der Waals surface area contributed by atoms with E-state index in [0.717, 1.165) is 0 Å². The van der Waals surface area contributed by atoms with Crippen LogP contribution in [-0.4, -0.2) is 30.7 Å². The zero-order valence-corrected chi connectivity index (χ0v) is 10.5. The molecule has 0 bridgehead atoms. The molecule has 0 aliphatic carbocycles. The summed E-state index contributed by atoms with van der Waals surface area (Å²) in [6.45, 7) is 0.695. The second kappa shape index (κ2) is 5.57. The van der Waals surface area contributed by atoms with Gasteiger partial charge in [-0.25, -0.2) is 4.79 Å². The lowest BCUT2D eigenvalue weighted by Gasteiger charge is -2.05. The number of benzene rings is 1. The molecule has 0 aliphatic rings. The second-order valence-electron chi connectivity index (χ2n) is 4.02. The van der Waals surface area contributed by atoms with Crippen molar-refractivity contribution in [1.82, 2.24) is 9.88 Å². The number of ether oxygens (including phenoxy) is 1. The number of methoxy groups -OCH3 is 1. The number of anilines is 1. The number of carbonyl (C=O) groups is 1. The van der Waals surface area contributed by atoms with Gasteiger partial charge in [-0.2, -0.15) is 0 Å². The molecule has 0 fully saturated rings. The van der Waals surface area contributed by atoms with E-state index in [2.05, 4.69) is 5.32 Å². The average molecular weight is 265 g/mol. The Hall–Kier alpha value is -2.28. The van der Waals surface area contributed by atoms with E-state index in [1.165, 1.54) is 4.57 Å². The summed E-state index contributed by atoms with van der Waals surface area (Å²) in [5.74, 6) is -0.869. The van der Waals surface area contributed by atoms with Gasteiger partial charge < -0.3 is 20.2 Å². The molecule has 0 aliphatic heterocycles. The second-order valence-corrected chi connectivity index (χ2v) is 4.02. The molecule has 1 heterocycles. The third-order valence-corrected chi connectivity index (χ3v) is 2.62. The van der Waals surface area contributed by atoms with E-state index < -0.39 is 5.76 Å². The topological polar surface area (TPSA) is 99.5 Å². The minimum Gasteiger partial charge on any atom is -0.408 e. The molecule has 0 unspecified atom stereocenters. The minimum atomic E-state index is -0.581. The zero-order valence-electron chi connectivity index (χ0n) is 10.5. The highest BCUT2D eigenvalue weighted by Crippen LogP contribution is 2.15. The average Bonchev–Trinajstić information content (AvgIpc) is 2.66. The molecule has 102 valence electrons. The highest BCUT2D eigenvalue weighted by atomic mass is 16.5. The smallest absolute Gasteiger partial charge is 0.408 e. The van der Waals surface area contributed by atoms with Gasteiger partial charge in [0, 0.05) is 19.3 Å². The number of rotatable bonds is 5. The van der Waals surface area contributed by atoms with Crippen LogP contribution in [0.2, 0.25) is 0 Å². The van der Waals surface area contributed by atoms with Gasteiger partial charge in [-0.05, 0) is 18.2 Å². The summed E-state index contributed by atoms with van der Waals surface area (Å²) >= 11 is 0. The monoisotopic (exact) mass is 265 g/mol. The van der Waals surface area contributed by atoms with Crippen molar-refractivity contribution in [3.05, 3.63) is 28.7 Å². The number of oxazole rings is 1. The molecule has 0 saturated heterocycles. The molecule has 0 radical (unpaired) electrons. The molecule has 3 N–H and O–H groups in total. The van der Waals surface area contributed by atoms with Crippen LogP contribution in [0.15, 0.2) is 27.4 Å². The van der Waals surface area contributed by atoms with Crippen molar-refractivity contribution >= 4 is 22.7 Å². The third-order valence-electron chi connectivity index (χ3n) is 2.62. The summed E-state index contributed by atoms with van der Waals surface area (Å²) in [6, 6.07) is 4.84.